The van der Waals surface area contributed by atoms with Crippen LogP contribution in [0.1, 0.15) is 21.7 Å². The number of benzene rings is 1. The van der Waals surface area contributed by atoms with Gasteiger partial charge in [-0.15, -0.1) is 0 Å². The molecule has 5 rings (SSSR count). The Balaban J connectivity index is 1.44. The largest absolute Gasteiger partial charge is 0.334 e. The summed E-state index contributed by atoms with van der Waals surface area (Å²) in [5.74, 6) is 0.508. The Morgan fingerprint density at radius 1 is 1.03 bits per heavy atom. The van der Waals surface area contributed by atoms with Crippen LogP contribution in [0.2, 0.25) is 0 Å². The van der Waals surface area contributed by atoms with E-state index >= 15 is 0 Å². The van der Waals surface area contributed by atoms with E-state index in [1.165, 1.54) is 0 Å². The molecule has 0 aliphatic carbocycles. The number of nitrogens with one attached hydrogen (secondary N) is 1. The van der Waals surface area contributed by atoms with Gasteiger partial charge in [-0.3, -0.25) is 9.20 Å². The number of hydrogen-bond acceptors (Lipinski definition) is 6. The fourth-order valence-corrected chi connectivity index (χ4v) is 3.29. The van der Waals surface area contributed by atoms with E-state index in [9.17, 15) is 4.79 Å². The number of anilines is 1. The molecular formula is C23H18N6O2. The molecule has 0 atom stereocenters. The molecule has 1 aromatic carbocycles. The Morgan fingerprint density at radius 2 is 1.94 bits per heavy atom. The molecule has 0 saturated carbocycles. The standard InChI is InChI=1S/C23H18N6O2/c1-14-9-10-16(23-27-21(28-31-23)17-7-5-6-15(2)25-17)12-18(14)26-22(30)19-13-24-20-8-3-4-11-29(19)20/h3-13H,1-2H3,(H,26,30). The maximum Gasteiger partial charge on any atom is 0.274 e. The lowest BCUT2D eigenvalue weighted by Crippen LogP contribution is -2.15. The van der Waals surface area contributed by atoms with E-state index in [0.29, 0.717) is 40.0 Å². The molecule has 1 N–H and O–H groups in total. The van der Waals surface area contributed by atoms with Gasteiger partial charge >= 0.3 is 0 Å². The van der Waals surface area contributed by atoms with E-state index < -0.39 is 0 Å². The molecule has 0 unspecified atom stereocenters. The number of aryl methyl sites for hydroxylation is 2. The first kappa shape index (κ1) is 18.7. The van der Waals surface area contributed by atoms with Gasteiger partial charge < -0.3 is 9.84 Å². The van der Waals surface area contributed by atoms with Gasteiger partial charge in [0.1, 0.15) is 17.0 Å². The van der Waals surface area contributed by atoms with Gasteiger partial charge in [-0.05, 0) is 55.8 Å². The molecule has 0 fully saturated rings. The van der Waals surface area contributed by atoms with Crippen LogP contribution in [0.3, 0.4) is 0 Å². The van der Waals surface area contributed by atoms with E-state index in [2.05, 4.69) is 25.4 Å². The monoisotopic (exact) mass is 410 g/mol. The van der Waals surface area contributed by atoms with Crippen LogP contribution in [0.5, 0.6) is 0 Å². The third-order valence-corrected chi connectivity index (χ3v) is 4.93. The maximum atomic E-state index is 12.9. The zero-order valence-corrected chi connectivity index (χ0v) is 16.9. The molecule has 0 bridgehead atoms. The molecule has 0 saturated heterocycles. The number of nitrogens with zero attached hydrogens (tertiary/aromatic N) is 5. The lowest BCUT2D eigenvalue weighted by atomic mass is 10.1. The number of rotatable bonds is 4. The van der Waals surface area contributed by atoms with Crippen molar-refractivity contribution in [1.82, 2.24) is 24.5 Å². The average molecular weight is 410 g/mol. The van der Waals surface area contributed by atoms with Crippen molar-refractivity contribution in [1.29, 1.82) is 0 Å². The molecule has 0 aliphatic rings. The number of carbonyl (C=O) groups is 1. The van der Waals surface area contributed by atoms with Crippen molar-refractivity contribution in [3.05, 3.63) is 83.9 Å². The number of aromatic nitrogens is 5. The van der Waals surface area contributed by atoms with E-state index in [1.807, 2.05) is 68.4 Å². The van der Waals surface area contributed by atoms with Gasteiger partial charge in [0.2, 0.25) is 5.82 Å². The number of fused-ring (bicyclic) bond motifs is 1. The second-order valence-electron chi connectivity index (χ2n) is 7.14. The number of amides is 1. The highest BCUT2D eigenvalue weighted by atomic mass is 16.5. The van der Waals surface area contributed by atoms with Gasteiger partial charge in [0.15, 0.2) is 0 Å². The van der Waals surface area contributed by atoms with E-state index in [4.69, 9.17) is 4.52 Å². The Kier molecular flexibility index (Phi) is 4.51. The molecule has 8 nitrogen and oxygen atoms in total. The van der Waals surface area contributed by atoms with Gasteiger partial charge in [-0.2, -0.15) is 4.98 Å². The molecule has 8 heteroatoms. The molecule has 0 radical (unpaired) electrons. The summed E-state index contributed by atoms with van der Waals surface area (Å²) in [6.07, 6.45) is 3.36. The van der Waals surface area contributed by atoms with Gasteiger partial charge in [-0.1, -0.05) is 23.4 Å². The summed E-state index contributed by atoms with van der Waals surface area (Å²) in [6, 6.07) is 16.8. The van der Waals surface area contributed by atoms with Crippen LogP contribution >= 0.6 is 0 Å². The molecule has 31 heavy (non-hydrogen) atoms. The Hall–Kier alpha value is -4.33. The van der Waals surface area contributed by atoms with Gasteiger partial charge in [0.25, 0.3) is 11.8 Å². The van der Waals surface area contributed by atoms with Gasteiger partial charge in [-0.25, -0.2) is 9.97 Å². The van der Waals surface area contributed by atoms with Crippen LogP contribution in [0.4, 0.5) is 5.69 Å². The quantitative estimate of drug-likeness (QED) is 0.474. The topological polar surface area (TPSA) is 98.2 Å². The first-order chi connectivity index (χ1) is 15.1. The summed E-state index contributed by atoms with van der Waals surface area (Å²) in [5, 5.41) is 7.00. The molecule has 0 spiro atoms. The third kappa shape index (κ3) is 3.55. The van der Waals surface area contributed by atoms with Crippen LogP contribution in [0, 0.1) is 13.8 Å². The van der Waals surface area contributed by atoms with Gasteiger partial charge in [0, 0.05) is 23.1 Å². The summed E-state index contributed by atoms with van der Waals surface area (Å²) in [5.41, 5.74) is 4.94. The zero-order valence-electron chi connectivity index (χ0n) is 16.9. The lowest BCUT2D eigenvalue weighted by molar-refractivity contribution is 0.102. The second-order valence-corrected chi connectivity index (χ2v) is 7.14. The van der Waals surface area contributed by atoms with Crippen molar-refractivity contribution in [3.8, 4) is 23.0 Å². The fourth-order valence-electron chi connectivity index (χ4n) is 3.29. The summed E-state index contributed by atoms with van der Waals surface area (Å²) in [6.45, 7) is 3.83. The SMILES string of the molecule is Cc1cccc(-c2noc(-c3ccc(C)c(NC(=O)c4cnc5ccccn45)c3)n2)n1. The molecule has 1 amide bonds. The predicted octanol–water partition coefficient (Wildman–Crippen LogP) is 4.32. The minimum atomic E-state index is -0.255. The van der Waals surface area contributed by atoms with E-state index in [0.717, 1.165) is 11.3 Å². The summed E-state index contributed by atoms with van der Waals surface area (Å²) in [7, 11) is 0. The highest BCUT2D eigenvalue weighted by Gasteiger charge is 2.16. The second kappa shape index (κ2) is 7.49. The molecule has 4 heterocycles. The Morgan fingerprint density at radius 3 is 2.81 bits per heavy atom. The molecule has 5 aromatic rings. The van der Waals surface area contributed by atoms with E-state index in [-0.39, 0.29) is 5.91 Å². The van der Waals surface area contributed by atoms with Crippen molar-refractivity contribution >= 4 is 17.2 Å². The first-order valence-electron chi connectivity index (χ1n) is 9.71. The van der Waals surface area contributed by atoms with Crippen LogP contribution in [-0.2, 0) is 0 Å². The molecular weight excluding hydrogens is 392 g/mol. The van der Waals surface area contributed by atoms with Gasteiger partial charge in [0.05, 0.1) is 6.20 Å². The predicted molar refractivity (Wildman–Crippen MR) is 116 cm³/mol. The minimum Gasteiger partial charge on any atom is -0.334 e. The average Bonchev–Trinajstić information content (AvgIpc) is 3.43. The number of carbonyl (C=O) groups excluding carboxylic acids is 1. The first-order valence-corrected chi connectivity index (χ1v) is 9.71. The molecule has 4 aromatic heterocycles. The van der Waals surface area contributed by atoms with Crippen LogP contribution in [0.15, 0.2) is 71.5 Å². The third-order valence-electron chi connectivity index (χ3n) is 4.93. The van der Waals surface area contributed by atoms with Crippen molar-refractivity contribution in [2.24, 2.45) is 0 Å². The highest BCUT2D eigenvalue weighted by Crippen LogP contribution is 2.26. The number of imidazole rings is 1. The summed E-state index contributed by atoms with van der Waals surface area (Å²) in [4.78, 5) is 26.0. The lowest BCUT2D eigenvalue weighted by Gasteiger charge is -2.09. The molecule has 0 aliphatic heterocycles. The smallest absolute Gasteiger partial charge is 0.274 e. The summed E-state index contributed by atoms with van der Waals surface area (Å²) < 4.78 is 7.19. The van der Waals surface area contributed by atoms with Crippen molar-refractivity contribution in [3.63, 3.8) is 0 Å². The van der Waals surface area contributed by atoms with Crippen molar-refractivity contribution in [2.75, 3.05) is 5.32 Å². The Labute approximate surface area is 177 Å². The number of pyridine rings is 2. The van der Waals surface area contributed by atoms with Crippen LogP contribution < -0.4 is 5.32 Å². The van der Waals surface area contributed by atoms with Crippen molar-refractivity contribution < 1.29 is 9.32 Å². The maximum absolute atomic E-state index is 12.9. The zero-order chi connectivity index (χ0) is 21.4. The van der Waals surface area contributed by atoms with E-state index in [1.54, 1.807) is 16.8 Å². The number of hydrogen-bond donors (Lipinski definition) is 1. The normalized spacial score (nSPS) is 11.0. The fraction of sp³-hybridized carbons (Fsp3) is 0.0870. The van der Waals surface area contributed by atoms with Crippen LogP contribution in [-0.4, -0.2) is 30.4 Å². The van der Waals surface area contributed by atoms with Crippen molar-refractivity contribution in [2.45, 2.75) is 13.8 Å². The minimum absolute atomic E-state index is 0.255. The van der Waals surface area contributed by atoms with Crippen LogP contribution in [0.25, 0.3) is 28.6 Å². The highest BCUT2D eigenvalue weighted by molar-refractivity contribution is 6.04. The summed E-state index contributed by atoms with van der Waals surface area (Å²) >= 11 is 0. The molecule has 152 valence electrons. The Bertz CT molecular complexity index is 1420.